The lowest BCUT2D eigenvalue weighted by Gasteiger charge is -2.20. The zero-order chi connectivity index (χ0) is 22.2. The Morgan fingerprint density at radius 2 is 1.88 bits per heavy atom. The first-order valence-electron chi connectivity index (χ1n) is 9.97. The van der Waals surface area contributed by atoms with Gasteiger partial charge in [0.25, 0.3) is 0 Å². The van der Waals surface area contributed by atoms with Crippen LogP contribution in [0.4, 0.5) is 0 Å². The molecule has 2 aliphatic heterocycles. The van der Waals surface area contributed by atoms with E-state index in [-0.39, 0.29) is 18.3 Å². The van der Waals surface area contributed by atoms with Gasteiger partial charge in [0.05, 0.1) is 12.2 Å². The Labute approximate surface area is 195 Å². The molecule has 0 aromatic heterocycles. The zero-order valence-corrected chi connectivity index (χ0v) is 18.6. The van der Waals surface area contributed by atoms with Gasteiger partial charge in [-0.3, -0.25) is 4.79 Å². The molecule has 32 heavy (non-hydrogen) atoms. The summed E-state index contributed by atoms with van der Waals surface area (Å²) in [5.41, 5.74) is 3.78. The quantitative estimate of drug-likeness (QED) is 0.416. The Hall–Kier alpha value is -2.99. The highest BCUT2D eigenvalue weighted by atomic mass is 35.5. The Balaban J connectivity index is 1.42. The minimum atomic E-state index is -0.192. The molecule has 0 saturated heterocycles. The Morgan fingerprint density at radius 3 is 2.69 bits per heavy atom. The molecule has 3 aromatic rings. The van der Waals surface area contributed by atoms with Crippen molar-refractivity contribution in [2.45, 2.75) is 20.1 Å². The van der Waals surface area contributed by atoms with Crippen molar-refractivity contribution in [1.82, 2.24) is 0 Å². The number of Topliss-reactive ketones (excluding diaryl/α,β-unsaturated/α-hetero) is 1. The minimum Gasteiger partial charge on any atom is -0.489 e. The zero-order valence-electron chi connectivity index (χ0n) is 17.1. The number of carbonyl (C=O) groups excluding carboxylic acids is 1. The second-order valence-electron chi connectivity index (χ2n) is 7.56. The fourth-order valence-corrected chi connectivity index (χ4v) is 4.14. The molecule has 0 fully saturated rings. The largest absolute Gasteiger partial charge is 0.489 e. The molecule has 2 heterocycles. The summed E-state index contributed by atoms with van der Waals surface area (Å²) in [5.74, 6) is 1.74. The third-order valence-corrected chi connectivity index (χ3v) is 5.72. The van der Waals surface area contributed by atoms with Crippen LogP contribution in [-0.2, 0) is 18.0 Å². The van der Waals surface area contributed by atoms with Gasteiger partial charge in [0.1, 0.15) is 23.9 Å². The Kier molecular flexibility index (Phi) is 5.55. The van der Waals surface area contributed by atoms with Gasteiger partial charge in [-0.25, -0.2) is 0 Å². The number of fused-ring (bicyclic) bond motifs is 2. The van der Waals surface area contributed by atoms with Gasteiger partial charge >= 0.3 is 0 Å². The topological polar surface area (TPSA) is 54.0 Å². The predicted octanol–water partition coefficient (Wildman–Crippen LogP) is 6.36. The molecule has 162 valence electrons. The van der Waals surface area contributed by atoms with Crippen molar-refractivity contribution >= 4 is 35.1 Å². The van der Waals surface area contributed by atoms with Gasteiger partial charge in [0.2, 0.25) is 5.78 Å². The third-order valence-electron chi connectivity index (χ3n) is 5.25. The standard InChI is InChI=1S/C25H18Cl2O5/c1-14-6-20(30-11-15-2-4-18(26)5-3-15)10-21-23(14)24(28)22(32-21)9-16-7-19(27)8-17-12-29-13-31-25(16)17/h2-10H,11-13H2,1H3/b22-9-. The molecule has 3 aromatic carbocycles. The van der Waals surface area contributed by atoms with Gasteiger partial charge in [0, 0.05) is 27.2 Å². The molecule has 0 radical (unpaired) electrons. The summed E-state index contributed by atoms with van der Waals surface area (Å²) >= 11 is 12.2. The highest BCUT2D eigenvalue weighted by Gasteiger charge is 2.30. The molecule has 0 N–H and O–H groups in total. The lowest BCUT2D eigenvalue weighted by molar-refractivity contribution is -0.0165. The molecule has 0 spiro atoms. The van der Waals surface area contributed by atoms with Crippen molar-refractivity contribution in [3.05, 3.63) is 92.2 Å². The van der Waals surface area contributed by atoms with Gasteiger partial charge in [-0.2, -0.15) is 0 Å². The molecule has 0 aliphatic carbocycles. The predicted molar refractivity (Wildman–Crippen MR) is 122 cm³/mol. The molecular formula is C25H18Cl2O5. The smallest absolute Gasteiger partial charge is 0.232 e. The van der Waals surface area contributed by atoms with Crippen LogP contribution in [0.3, 0.4) is 0 Å². The van der Waals surface area contributed by atoms with Gasteiger partial charge < -0.3 is 18.9 Å². The van der Waals surface area contributed by atoms with Gasteiger partial charge in [-0.15, -0.1) is 0 Å². The number of rotatable bonds is 4. The average molecular weight is 469 g/mol. The summed E-state index contributed by atoms with van der Waals surface area (Å²) < 4.78 is 22.8. The Bertz CT molecular complexity index is 1250. The number of aryl methyl sites for hydroxylation is 1. The molecule has 0 unspecified atom stereocenters. The van der Waals surface area contributed by atoms with E-state index in [2.05, 4.69) is 0 Å². The third kappa shape index (κ3) is 4.07. The maximum Gasteiger partial charge on any atom is 0.232 e. The van der Waals surface area contributed by atoms with Crippen LogP contribution in [-0.4, -0.2) is 12.6 Å². The van der Waals surface area contributed by atoms with E-state index in [1.165, 1.54) is 0 Å². The van der Waals surface area contributed by atoms with Crippen LogP contribution < -0.4 is 14.2 Å². The van der Waals surface area contributed by atoms with Crippen molar-refractivity contribution in [3.8, 4) is 17.2 Å². The van der Waals surface area contributed by atoms with E-state index in [9.17, 15) is 4.79 Å². The molecule has 5 nitrogen and oxygen atoms in total. The van der Waals surface area contributed by atoms with Crippen molar-refractivity contribution in [2.75, 3.05) is 6.79 Å². The number of benzene rings is 3. The summed E-state index contributed by atoms with van der Waals surface area (Å²) in [6, 6.07) is 14.5. The second kappa shape index (κ2) is 8.51. The van der Waals surface area contributed by atoms with E-state index in [0.717, 1.165) is 16.7 Å². The van der Waals surface area contributed by atoms with E-state index < -0.39 is 0 Å². The van der Waals surface area contributed by atoms with Crippen molar-refractivity contribution in [1.29, 1.82) is 0 Å². The van der Waals surface area contributed by atoms with E-state index in [0.29, 0.717) is 51.6 Å². The molecule has 0 amide bonds. The monoisotopic (exact) mass is 468 g/mol. The number of carbonyl (C=O) groups is 1. The fourth-order valence-electron chi connectivity index (χ4n) is 3.77. The number of hydrogen-bond donors (Lipinski definition) is 0. The van der Waals surface area contributed by atoms with E-state index in [1.807, 2.05) is 37.3 Å². The van der Waals surface area contributed by atoms with Gasteiger partial charge in [-0.1, -0.05) is 35.3 Å². The van der Waals surface area contributed by atoms with Crippen LogP contribution in [0.25, 0.3) is 6.08 Å². The van der Waals surface area contributed by atoms with Gasteiger partial charge in [0.15, 0.2) is 12.6 Å². The van der Waals surface area contributed by atoms with Crippen molar-refractivity contribution in [3.63, 3.8) is 0 Å². The van der Waals surface area contributed by atoms with Crippen LogP contribution in [0.15, 0.2) is 54.3 Å². The highest BCUT2D eigenvalue weighted by molar-refractivity contribution is 6.31. The number of ketones is 1. The van der Waals surface area contributed by atoms with Gasteiger partial charge in [-0.05, 0) is 54.5 Å². The minimum absolute atomic E-state index is 0.146. The maximum absolute atomic E-state index is 13.1. The van der Waals surface area contributed by atoms with E-state index >= 15 is 0 Å². The summed E-state index contributed by atoms with van der Waals surface area (Å²) in [4.78, 5) is 13.1. The number of halogens is 2. The first-order valence-corrected chi connectivity index (χ1v) is 10.7. The number of hydrogen-bond acceptors (Lipinski definition) is 5. The summed E-state index contributed by atoms with van der Waals surface area (Å²) in [7, 11) is 0. The Morgan fingerprint density at radius 1 is 1.06 bits per heavy atom. The number of ether oxygens (including phenoxy) is 4. The molecule has 0 saturated carbocycles. The van der Waals surface area contributed by atoms with Crippen LogP contribution in [0.5, 0.6) is 17.2 Å². The first-order chi connectivity index (χ1) is 15.5. The lowest BCUT2D eigenvalue weighted by atomic mass is 10.0. The molecule has 0 bridgehead atoms. The van der Waals surface area contributed by atoms with E-state index in [4.69, 9.17) is 42.1 Å². The normalized spacial score (nSPS) is 15.7. The van der Waals surface area contributed by atoms with Crippen LogP contribution >= 0.6 is 23.2 Å². The van der Waals surface area contributed by atoms with Crippen LogP contribution in [0.1, 0.15) is 32.6 Å². The summed E-state index contributed by atoms with van der Waals surface area (Å²) in [6.45, 7) is 2.78. The second-order valence-corrected chi connectivity index (χ2v) is 8.44. The summed E-state index contributed by atoms with van der Waals surface area (Å²) in [5, 5.41) is 1.20. The molecular weight excluding hydrogens is 451 g/mol. The maximum atomic E-state index is 13.1. The number of allylic oxidation sites excluding steroid dienone is 1. The highest BCUT2D eigenvalue weighted by Crippen LogP contribution is 2.39. The average Bonchev–Trinajstić information content (AvgIpc) is 3.08. The SMILES string of the molecule is Cc1cc(OCc2ccc(Cl)cc2)cc2c1C(=O)/C(=C/c1cc(Cl)cc3c1OCOC3)O2. The van der Waals surface area contributed by atoms with E-state index in [1.54, 1.807) is 24.3 Å². The fraction of sp³-hybridized carbons (Fsp3) is 0.160. The van der Waals surface area contributed by atoms with Crippen LogP contribution in [0.2, 0.25) is 10.0 Å². The molecule has 7 heteroatoms. The molecule has 2 aliphatic rings. The lowest BCUT2D eigenvalue weighted by Crippen LogP contribution is -2.12. The molecule has 0 atom stereocenters. The van der Waals surface area contributed by atoms with Crippen molar-refractivity contribution < 1.29 is 23.7 Å². The van der Waals surface area contributed by atoms with Crippen LogP contribution in [0, 0.1) is 6.92 Å². The molecule has 5 rings (SSSR count). The van der Waals surface area contributed by atoms with Crippen molar-refractivity contribution in [2.24, 2.45) is 0 Å². The summed E-state index contributed by atoms with van der Waals surface area (Å²) in [6.07, 6.45) is 1.66. The first kappa shape index (κ1) is 20.9.